The number of fused-ring (bicyclic) bond motifs is 8. The first-order chi connectivity index (χ1) is 22.5. The second kappa shape index (κ2) is 9.88. The Hall–Kier alpha value is -5.74. The fraction of sp³-hybridized carbons (Fsp3) is 0.0952. The third kappa shape index (κ3) is 4.00. The highest BCUT2D eigenvalue weighted by atomic mass is 15.1. The van der Waals surface area contributed by atoms with Crippen molar-refractivity contribution in [2.24, 2.45) is 0 Å². The van der Waals surface area contributed by atoms with Crippen LogP contribution in [-0.2, 0) is 5.41 Å². The first kappa shape index (κ1) is 26.6. The molecule has 0 saturated carbocycles. The Labute approximate surface area is 267 Å². The average molecular weight is 593 g/mol. The van der Waals surface area contributed by atoms with Gasteiger partial charge >= 0.3 is 0 Å². The molecule has 0 N–H and O–H groups in total. The highest BCUT2D eigenvalue weighted by Crippen LogP contribution is 2.40. The van der Waals surface area contributed by atoms with Crippen molar-refractivity contribution in [2.45, 2.75) is 26.2 Å². The van der Waals surface area contributed by atoms with E-state index in [-0.39, 0.29) is 5.41 Å². The second-order valence-corrected chi connectivity index (χ2v) is 13.2. The molecule has 0 aliphatic heterocycles. The molecule has 0 aliphatic carbocycles. The van der Waals surface area contributed by atoms with Crippen LogP contribution in [0.2, 0.25) is 0 Å². The van der Waals surface area contributed by atoms with Gasteiger partial charge in [-0.1, -0.05) is 93.6 Å². The third-order valence-corrected chi connectivity index (χ3v) is 9.37. The number of rotatable bonds is 3. The molecule has 4 aromatic heterocycles. The Morgan fingerprint density at radius 3 is 2.11 bits per heavy atom. The van der Waals surface area contributed by atoms with E-state index in [0.717, 1.165) is 39.3 Å². The maximum Gasteiger partial charge on any atom is 0.137 e. The van der Waals surface area contributed by atoms with Gasteiger partial charge in [-0.3, -0.25) is 9.55 Å². The molecule has 0 bridgehead atoms. The summed E-state index contributed by atoms with van der Waals surface area (Å²) in [5, 5.41) is 7.41. The zero-order chi connectivity index (χ0) is 31.0. The molecule has 0 unspecified atom stereocenters. The maximum absolute atomic E-state index is 4.96. The summed E-state index contributed by atoms with van der Waals surface area (Å²) in [7, 11) is 0. The summed E-state index contributed by atoms with van der Waals surface area (Å²) < 4.78 is 4.75. The molecule has 4 heteroatoms. The lowest BCUT2D eigenvalue weighted by Gasteiger charge is -2.20. The molecular weight excluding hydrogens is 560 g/mol. The van der Waals surface area contributed by atoms with Gasteiger partial charge in [0.1, 0.15) is 5.82 Å². The van der Waals surface area contributed by atoms with Crippen LogP contribution in [0.5, 0.6) is 0 Å². The number of hydrogen-bond donors (Lipinski definition) is 0. The van der Waals surface area contributed by atoms with E-state index in [2.05, 4.69) is 150 Å². The molecule has 46 heavy (non-hydrogen) atoms. The highest BCUT2D eigenvalue weighted by molar-refractivity contribution is 6.21. The number of para-hydroxylation sites is 1. The molecule has 0 spiro atoms. The molecule has 0 amide bonds. The van der Waals surface area contributed by atoms with Crippen molar-refractivity contribution in [1.82, 2.24) is 19.1 Å². The van der Waals surface area contributed by atoms with E-state index in [1.807, 2.05) is 24.5 Å². The van der Waals surface area contributed by atoms with E-state index >= 15 is 0 Å². The Balaban J connectivity index is 1.38. The van der Waals surface area contributed by atoms with Gasteiger partial charge in [0.05, 0.1) is 27.8 Å². The Bertz CT molecular complexity index is 2620. The van der Waals surface area contributed by atoms with Gasteiger partial charge in [0.2, 0.25) is 0 Å². The molecule has 0 saturated heterocycles. The fourth-order valence-corrected chi connectivity index (χ4v) is 7.11. The topological polar surface area (TPSA) is 35.6 Å². The highest BCUT2D eigenvalue weighted by Gasteiger charge is 2.20. The maximum atomic E-state index is 4.96. The number of pyridine rings is 2. The number of nitrogens with zero attached hydrogens (tertiary/aromatic N) is 4. The summed E-state index contributed by atoms with van der Waals surface area (Å²) >= 11 is 0. The predicted octanol–water partition coefficient (Wildman–Crippen LogP) is 10.8. The Kier molecular flexibility index (Phi) is 5.72. The largest absolute Gasteiger partial charge is 0.309 e. The van der Waals surface area contributed by atoms with Gasteiger partial charge in [-0.05, 0) is 76.3 Å². The van der Waals surface area contributed by atoms with Gasteiger partial charge in [0.15, 0.2) is 0 Å². The van der Waals surface area contributed by atoms with Crippen LogP contribution in [0.4, 0.5) is 0 Å². The number of hydrogen-bond acceptors (Lipinski definition) is 2. The average Bonchev–Trinajstić information content (AvgIpc) is 3.60. The molecule has 0 radical (unpaired) electrons. The SMILES string of the molecule is CC(C)(C)c1ccnc(-n2c3cc(-n4c5ccccc5c5ccc(-c6ccccn6)cc54)ccc3c3c4ccccc4ccc32)c1. The first-order valence-electron chi connectivity index (χ1n) is 15.8. The quantitative estimate of drug-likeness (QED) is 0.205. The smallest absolute Gasteiger partial charge is 0.137 e. The predicted molar refractivity (Wildman–Crippen MR) is 192 cm³/mol. The molecule has 0 aliphatic rings. The van der Waals surface area contributed by atoms with Gasteiger partial charge in [0, 0.05) is 45.2 Å². The minimum absolute atomic E-state index is 0.00258. The van der Waals surface area contributed by atoms with E-state index in [1.165, 1.54) is 43.4 Å². The van der Waals surface area contributed by atoms with Crippen LogP contribution in [0.1, 0.15) is 26.3 Å². The normalized spacial score (nSPS) is 12.2. The van der Waals surface area contributed by atoms with E-state index in [9.17, 15) is 0 Å². The Morgan fingerprint density at radius 1 is 0.500 bits per heavy atom. The van der Waals surface area contributed by atoms with Crippen molar-refractivity contribution in [3.8, 4) is 22.8 Å². The van der Waals surface area contributed by atoms with Crippen LogP contribution < -0.4 is 0 Å². The van der Waals surface area contributed by atoms with Gasteiger partial charge in [0.25, 0.3) is 0 Å². The minimum Gasteiger partial charge on any atom is -0.309 e. The van der Waals surface area contributed by atoms with Crippen molar-refractivity contribution < 1.29 is 0 Å². The van der Waals surface area contributed by atoms with Crippen LogP contribution in [-0.4, -0.2) is 19.1 Å². The molecule has 9 rings (SSSR count). The van der Waals surface area contributed by atoms with Crippen LogP contribution in [0, 0.1) is 0 Å². The van der Waals surface area contributed by atoms with E-state index in [4.69, 9.17) is 4.98 Å². The summed E-state index contributed by atoms with van der Waals surface area (Å²) in [6.07, 6.45) is 3.80. The van der Waals surface area contributed by atoms with Gasteiger partial charge in [-0.15, -0.1) is 0 Å². The third-order valence-electron chi connectivity index (χ3n) is 9.37. The fourth-order valence-electron chi connectivity index (χ4n) is 7.11. The van der Waals surface area contributed by atoms with Crippen molar-refractivity contribution in [3.63, 3.8) is 0 Å². The van der Waals surface area contributed by atoms with E-state index < -0.39 is 0 Å². The lowest BCUT2D eigenvalue weighted by Crippen LogP contribution is -2.12. The summed E-state index contributed by atoms with van der Waals surface area (Å²) in [4.78, 5) is 9.61. The lowest BCUT2D eigenvalue weighted by atomic mass is 9.88. The standard InChI is InChI=1S/C42H32N4/c1-42(2,3)29-21-23-44-40(25-29)46-37-20-16-27-10-4-5-11-31(27)41(37)34-19-17-30(26-39(34)46)45-36-14-7-6-12-32(36)33-18-15-28(24-38(33)45)35-13-8-9-22-43-35/h4-26H,1-3H3. The summed E-state index contributed by atoms with van der Waals surface area (Å²) in [5.41, 5.74) is 9.06. The van der Waals surface area contributed by atoms with E-state index in [0.29, 0.717) is 0 Å². The van der Waals surface area contributed by atoms with Crippen LogP contribution in [0.3, 0.4) is 0 Å². The molecule has 9 aromatic rings. The molecule has 0 atom stereocenters. The summed E-state index contributed by atoms with van der Waals surface area (Å²) in [6, 6.07) is 45.9. The van der Waals surface area contributed by atoms with Crippen molar-refractivity contribution >= 4 is 54.4 Å². The Morgan fingerprint density at radius 2 is 1.26 bits per heavy atom. The van der Waals surface area contributed by atoms with Gasteiger partial charge in [-0.2, -0.15) is 0 Å². The molecule has 0 fully saturated rings. The van der Waals surface area contributed by atoms with Crippen molar-refractivity contribution in [3.05, 3.63) is 145 Å². The lowest BCUT2D eigenvalue weighted by molar-refractivity contribution is 0.588. The zero-order valence-corrected chi connectivity index (χ0v) is 26.1. The second-order valence-electron chi connectivity index (χ2n) is 13.2. The minimum atomic E-state index is 0.00258. The zero-order valence-electron chi connectivity index (χ0n) is 26.1. The summed E-state index contributed by atoms with van der Waals surface area (Å²) in [5.74, 6) is 0.930. The summed E-state index contributed by atoms with van der Waals surface area (Å²) in [6.45, 7) is 6.77. The van der Waals surface area contributed by atoms with Crippen molar-refractivity contribution in [2.75, 3.05) is 0 Å². The number of benzene rings is 5. The molecule has 4 heterocycles. The first-order valence-corrected chi connectivity index (χ1v) is 15.8. The van der Waals surface area contributed by atoms with Gasteiger partial charge in [-0.25, -0.2) is 4.98 Å². The van der Waals surface area contributed by atoms with Crippen LogP contribution >= 0.6 is 0 Å². The monoisotopic (exact) mass is 592 g/mol. The van der Waals surface area contributed by atoms with Crippen LogP contribution in [0.15, 0.2) is 140 Å². The van der Waals surface area contributed by atoms with Gasteiger partial charge < -0.3 is 4.57 Å². The van der Waals surface area contributed by atoms with Crippen LogP contribution in [0.25, 0.3) is 77.1 Å². The van der Waals surface area contributed by atoms with E-state index in [1.54, 1.807) is 0 Å². The van der Waals surface area contributed by atoms with Crippen molar-refractivity contribution in [1.29, 1.82) is 0 Å². The molecule has 5 aromatic carbocycles. The molecular formula is C42H32N4. The molecule has 220 valence electrons. The molecule has 4 nitrogen and oxygen atoms in total. The number of aromatic nitrogens is 4.